The number of carbonyl (C=O) groups excluding carboxylic acids is 1. The summed E-state index contributed by atoms with van der Waals surface area (Å²) < 4.78 is 6.19. The number of thiocarbonyl (C=S) groups is 1. The summed E-state index contributed by atoms with van der Waals surface area (Å²) in [4.78, 5) is 28.9. The Balaban J connectivity index is 1.58. The topological polar surface area (TPSA) is 89.5 Å². The molecule has 0 aliphatic carbocycles. The molecule has 1 aliphatic heterocycles. The Bertz CT molecular complexity index is 1110. The van der Waals surface area contributed by atoms with E-state index in [4.69, 9.17) is 16.6 Å². The first-order chi connectivity index (χ1) is 13.5. The molecule has 0 atom stereocenters. The number of benzene rings is 1. The lowest BCUT2D eigenvalue weighted by Gasteiger charge is -2.13. The van der Waals surface area contributed by atoms with E-state index >= 15 is 0 Å². The monoisotopic (exact) mass is 409 g/mol. The van der Waals surface area contributed by atoms with Crippen molar-refractivity contribution in [2.75, 3.05) is 4.90 Å². The highest BCUT2D eigenvalue weighted by Crippen LogP contribution is 2.36. The fourth-order valence-electron chi connectivity index (χ4n) is 2.64. The van der Waals surface area contributed by atoms with Crippen LogP contribution in [0.25, 0.3) is 17.4 Å². The number of nitro groups is 1. The van der Waals surface area contributed by atoms with Gasteiger partial charge in [-0.2, -0.15) is 0 Å². The van der Waals surface area contributed by atoms with Crippen molar-refractivity contribution in [2.45, 2.75) is 0 Å². The zero-order chi connectivity index (χ0) is 19.7. The minimum atomic E-state index is -0.457. The number of nitrogens with zero attached hydrogens (tertiary/aromatic N) is 3. The molecule has 0 radical (unpaired) electrons. The van der Waals surface area contributed by atoms with E-state index in [0.717, 1.165) is 0 Å². The molecule has 7 nitrogen and oxygen atoms in total. The van der Waals surface area contributed by atoms with Crippen LogP contribution in [0.3, 0.4) is 0 Å². The van der Waals surface area contributed by atoms with Crippen molar-refractivity contribution in [1.29, 1.82) is 0 Å². The van der Waals surface area contributed by atoms with Gasteiger partial charge in [-0.1, -0.05) is 24.0 Å². The third-order valence-electron chi connectivity index (χ3n) is 3.96. The predicted octanol–water partition coefficient (Wildman–Crippen LogP) is 4.66. The van der Waals surface area contributed by atoms with Gasteiger partial charge in [0.2, 0.25) is 0 Å². The zero-order valence-electron chi connectivity index (χ0n) is 14.1. The number of pyridine rings is 1. The lowest BCUT2D eigenvalue weighted by Crippen LogP contribution is -2.27. The van der Waals surface area contributed by atoms with Crippen LogP contribution < -0.4 is 4.90 Å². The molecule has 1 aliphatic rings. The number of amides is 1. The molecule has 3 aromatic rings. The number of aromatic nitrogens is 1. The van der Waals surface area contributed by atoms with Crippen LogP contribution in [0.5, 0.6) is 0 Å². The third kappa shape index (κ3) is 3.45. The fourth-order valence-corrected chi connectivity index (χ4v) is 3.92. The van der Waals surface area contributed by atoms with Crippen LogP contribution in [0, 0.1) is 10.1 Å². The number of hydrogen-bond acceptors (Lipinski definition) is 7. The van der Waals surface area contributed by atoms with Crippen molar-refractivity contribution < 1.29 is 14.1 Å². The van der Waals surface area contributed by atoms with E-state index in [1.165, 1.54) is 28.8 Å². The Morgan fingerprint density at radius 1 is 1.18 bits per heavy atom. The van der Waals surface area contributed by atoms with Crippen LogP contribution in [0.2, 0.25) is 0 Å². The summed E-state index contributed by atoms with van der Waals surface area (Å²) in [6, 6.07) is 13.0. The minimum Gasteiger partial charge on any atom is -0.457 e. The van der Waals surface area contributed by atoms with E-state index in [1.807, 2.05) is 0 Å². The van der Waals surface area contributed by atoms with Gasteiger partial charge in [0.25, 0.3) is 11.6 Å². The van der Waals surface area contributed by atoms with Gasteiger partial charge in [0.05, 0.1) is 21.7 Å². The van der Waals surface area contributed by atoms with Crippen LogP contribution in [0.1, 0.15) is 5.76 Å². The second kappa shape index (κ2) is 7.37. The Hall–Kier alpha value is -3.30. The van der Waals surface area contributed by atoms with Gasteiger partial charge >= 0.3 is 0 Å². The Labute approximate surface area is 168 Å². The summed E-state index contributed by atoms with van der Waals surface area (Å²) in [7, 11) is 0. The van der Waals surface area contributed by atoms with E-state index in [9.17, 15) is 14.9 Å². The second-order valence-corrected chi connectivity index (χ2v) is 7.41. The number of nitro benzene ring substituents is 1. The third-order valence-corrected chi connectivity index (χ3v) is 5.26. The van der Waals surface area contributed by atoms with E-state index in [2.05, 4.69) is 4.98 Å². The van der Waals surface area contributed by atoms with Crippen molar-refractivity contribution in [2.24, 2.45) is 0 Å². The summed E-state index contributed by atoms with van der Waals surface area (Å²) in [5, 5.41) is 10.8. The fraction of sp³-hybridized carbons (Fsp3) is 0. The van der Waals surface area contributed by atoms with Gasteiger partial charge in [-0.05, 0) is 36.4 Å². The standard InChI is InChI=1S/C19H11N3O4S2/c23-18-17(28-19(27)21(18)14-2-1-9-20-11-14)10-15-7-8-16(26-15)12-3-5-13(6-4-12)22(24)25/h1-11H/b17-10-. The molecular formula is C19H11N3O4S2. The van der Waals surface area contributed by atoms with Gasteiger partial charge in [-0.3, -0.25) is 24.8 Å². The van der Waals surface area contributed by atoms with Gasteiger partial charge in [-0.15, -0.1) is 0 Å². The summed E-state index contributed by atoms with van der Waals surface area (Å²) in [5.74, 6) is 0.792. The lowest BCUT2D eigenvalue weighted by molar-refractivity contribution is -0.384. The first-order valence-electron chi connectivity index (χ1n) is 8.05. The maximum absolute atomic E-state index is 12.7. The zero-order valence-corrected chi connectivity index (χ0v) is 15.8. The smallest absolute Gasteiger partial charge is 0.270 e. The Kier molecular flexibility index (Phi) is 4.76. The molecule has 1 fully saturated rings. The number of carbonyl (C=O) groups is 1. The summed E-state index contributed by atoms with van der Waals surface area (Å²) in [5.41, 5.74) is 1.32. The summed E-state index contributed by atoms with van der Waals surface area (Å²) in [6.45, 7) is 0. The largest absolute Gasteiger partial charge is 0.457 e. The predicted molar refractivity (Wildman–Crippen MR) is 111 cm³/mol. The van der Waals surface area contributed by atoms with Crippen molar-refractivity contribution in [1.82, 2.24) is 4.98 Å². The van der Waals surface area contributed by atoms with Gasteiger partial charge in [0.1, 0.15) is 11.5 Å². The highest BCUT2D eigenvalue weighted by atomic mass is 32.2. The molecule has 1 saturated heterocycles. The average molecular weight is 409 g/mol. The summed E-state index contributed by atoms with van der Waals surface area (Å²) >= 11 is 6.51. The summed E-state index contributed by atoms with van der Waals surface area (Å²) in [6.07, 6.45) is 4.83. The molecule has 4 rings (SSSR count). The van der Waals surface area contributed by atoms with Crippen molar-refractivity contribution in [3.63, 3.8) is 0 Å². The molecule has 9 heteroatoms. The van der Waals surface area contributed by atoms with E-state index in [-0.39, 0.29) is 11.6 Å². The molecule has 0 unspecified atom stereocenters. The Morgan fingerprint density at radius 3 is 2.64 bits per heavy atom. The van der Waals surface area contributed by atoms with Gasteiger partial charge in [-0.25, -0.2) is 0 Å². The van der Waals surface area contributed by atoms with Crippen LogP contribution in [-0.2, 0) is 4.79 Å². The van der Waals surface area contributed by atoms with Gasteiger partial charge < -0.3 is 4.42 Å². The van der Waals surface area contributed by atoms with Crippen molar-refractivity contribution in [3.8, 4) is 11.3 Å². The number of rotatable bonds is 4. The number of anilines is 1. The highest BCUT2D eigenvalue weighted by Gasteiger charge is 2.33. The van der Waals surface area contributed by atoms with E-state index in [1.54, 1.807) is 54.9 Å². The molecule has 3 heterocycles. The highest BCUT2D eigenvalue weighted by molar-refractivity contribution is 8.27. The molecule has 0 spiro atoms. The van der Waals surface area contributed by atoms with Crippen LogP contribution in [-0.4, -0.2) is 20.1 Å². The maximum atomic E-state index is 12.7. The first kappa shape index (κ1) is 18.1. The maximum Gasteiger partial charge on any atom is 0.270 e. The number of hydrogen-bond donors (Lipinski definition) is 0. The molecule has 1 aromatic carbocycles. The SMILES string of the molecule is O=C1/C(=C/c2ccc(-c3ccc([N+](=O)[O-])cc3)o2)SC(=S)N1c1cccnc1. The lowest BCUT2D eigenvalue weighted by atomic mass is 10.1. The van der Waals surface area contributed by atoms with Crippen molar-refractivity contribution in [3.05, 3.63) is 81.7 Å². The number of thioether (sulfide) groups is 1. The van der Waals surface area contributed by atoms with E-state index in [0.29, 0.717) is 32.0 Å². The normalized spacial score (nSPS) is 15.4. The van der Waals surface area contributed by atoms with Crippen LogP contribution in [0.15, 0.2) is 70.2 Å². The van der Waals surface area contributed by atoms with Crippen molar-refractivity contribution >= 4 is 51.7 Å². The van der Waals surface area contributed by atoms with Crippen LogP contribution >= 0.6 is 24.0 Å². The van der Waals surface area contributed by atoms with E-state index < -0.39 is 4.92 Å². The minimum absolute atomic E-state index is 0.00889. The molecule has 1 amide bonds. The molecular weight excluding hydrogens is 398 g/mol. The molecule has 138 valence electrons. The molecule has 2 aromatic heterocycles. The number of furan rings is 1. The second-order valence-electron chi connectivity index (χ2n) is 5.73. The first-order valence-corrected chi connectivity index (χ1v) is 9.28. The quantitative estimate of drug-likeness (QED) is 0.268. The number of non-ortho nitro benzene ring substituents is 1. The van der Waals surface area contributed by atoms with Crippen LogP contribution in [0.4, 0.5) is 11.4 Å². The van der Waals surface area contributed by atoms with Gasteiger partial charge in [0.15, 0.2) is 4.32 Å². The van der Waals surface area contributed by atoms with Gasteiger partial charge in [0, 0.05) is 30.0 Å². The molecule has 0 bridgehead atoms. The molecule has 28 heavy (non-hydrogen) atoms. The molecule has 0 saturated carbocycles. The Morgan fingerprint density at radius 2 is 1.96 bits per heavy atom. The molecule has 0 N–H and O–H groups in total. The average Bonchev–Trinajstić information content (AvgIpc) is 3.27.